The Morgan fingerprint density at radius 2 is 1.20 bits per heavy atom. The van der Waals surface area contributed by atoms with Gasteiger partial charge in [0.25, 0.3) is 0 Å². The molecule has 0 heterocycles. The summed E-state index contributed by atoms with van der Waals surface area (Å²) in [6, 6.07) is 0. The second-order valence-corrected chi connectivity index (χ2v) is 0.500. The molecule has 0 aliphatic rings. The van der Waals surface area contributed by atoms with Crippen LogP contribution in [0.2, 0.25) is 0 Å². The SMILES string of the molecule is CNC.[K+].[Na+]. The molecule has 0 atom stereocenters. The van der Waals surface area contributed by atoms with Crippen LogP contribution in [0.15, 0.2) is 0 Å². The Balaban J connectivity index is -0.0000000200. The van der Waals surface area contributed by atoms with Gasteiger partial charge in [-0.25, -0.2) is 0 Å². The Hall–Kier alpha value is 2.60. The first-order chi connectivity index (χ1) is 1.41. The Labute approximate surface area is 98.0 Å². The van der Waals surface area contributed by atoms with E-state index in [9.17, 15) is 0 Å². The maximum Gasteiger partial charge on any atom is 1.00 e. The maximum atomic E-state index is 2.75. The van der Waals surface area contributed by atoms with Crippen molar-refractivity contribution in [2.75, 3.05) is 14.1 Å². The molecule has 0 rings (SSSR count). The van der Waals surface area contributed by atoms with Crippen molar-refractivity contribution in [1.82, 2.24) is 5.32 Å². The zero-order valence-corrected chi connectivity index (χ0v) is 9.62. The third kappa shape index (κ3) is 20.7. The fourth-order valence-corrected chi connectivity index (χ4v) is 0. The van der Waals surface area contributed by atoms with E-state index in [-0.39, 0.29) is 80.9 Å². The molecule has 0 aromatic heterocycles. The van der Waals surface area contributed by atoms with Crippen LogP contribution in [0, 0.1) is 0 Å². The van der Waals surface area contributed by atoms with E-state index in [1.807, 2.05) is 14.1 Å². The predicted octanol–water partition coefficient (Wildman–Crippen LogP) is -6.16. The van der Waals surface area contributed by atoms with Crippen LogP contribution in [0.1, 0.15) is 0 Å². The first kappa shape index (κ1) is 15.6. The van der Waals surface area contributed by atoms with E-state index in [0.717, 1.165) is 0 Å². The molecule has 0 fully saturated rings. The number of hydrogen-bond acceptors (Lipinski definition) is 1. The van der Waals surface area contributed by atoms with Crippen LogP contribution in [0.4, 0.5) is 0 Å². The minimum Gasteiger partial charge on any atom is -0.323 e. The topological polar surface area (TPSA) is 12.0 Å². The van der Waals surface area contributed by atoms with Gasteiger partial charge in [-0.15, -0.1) is 0 Å². The number of nitrogens with one attached hydrogen (secondary N) is 1. The summed E-state index contributed by atoms with van der Waals surface area (Å²) < 4.78 is 0. The molecular formula is C2H7KNNa+2. The van der Waals surface area contributed by atoms with E-state index in [0.29, 0.717) is 0 Å². The van der Waals surface area contributed by atoms with Gasteiger partial charge in [0.15, 0.2) is 0 Å². The molecule has 0 saturated heterocycles. The molecule has 0 unspecified atom stereocenters. The minimum absolute atomic E-state index is 0. The summed E-state index contributed by atoms with van der Waals surface area (Å²) >= 11 is 0. The van der Waals surface area contributed by atoms with Gasteiger partial charge in [-0.3, -0.25) is 0 Å². The van der Waals surface area contributed by atoms with Gasteiger partial charge in [0.2, 0.25) is 0 Å². The summed E-state index contributed by atoms with van der Waals surface area (Å²) in [5, 5.41) is 2.75. The average Bonchev–Trinajstić information content (AvgIpc) is 0.918. The molecule has 0 aromatic rings. The van der Waals surface area contributed by atoms with E-state index in [4.69, 9.17) is 0 Å². The molecule has 0 amide bonds. The minimum atomic E-state index is 0. The molecule has 1 N–H and O–H groups in total. The molecule has 0 aromatic carbocycles. The number of rotatable bonds is 0. The Bertz CT molecular complexity index is 9.61. The van der Waals surface area contributed by atoms with Crippen molar-refractivity contribution in [3.8, 4) is 0 Å². The molecule has 0 bridgehead atoms. The molecule has 0 radical (unpaired) electrons. The van der Waals surface area contributed by atoms with Gasteiger partial charge >= 0.3 is 80.9 Å². The van der Waals surface area contributed by atoms with Gasteiger partial charge in [-0.2, -0.15) is 0 Å². The van der Waals surface area contributed by atoms with Crippen LogP contribution in [0.5, 0.6) is 0 Å². The molecule has 0 aliphatic heterocycles. The van der Waals surface area contributed by atoms with Gasteiger partial charge in [-0.05, 0) is 14.1 Å². The zero-order valence-electron chi connectivity index (χ0n) is 4.50. The Morgan fingerprint density at radius 3 is 1.20 bits per heavy atom. The van der Waals surface area contributed by atoms with E-state index in [1.54, 1.807) is 0 Å². The van der Waals surface area contributed by atoms with Crippen LogP contribution < -0.4 is 86.3 Å². The molecule has 5 heavy (non-hydrogen) atoms. The molecular weight excluding hydrogens is 100 g/mol. The summed E-state index contributed by atoms with van der Waals surface area (Å²) in [4.78, 5) is 0. The monoisotopic (exact) mass is 107 g/mol. The van der Waals surface area contributed by atoms with Crippen molar-refractivity contribution in [3.05, 3.63) is 0 Å². The van der Waals surface area contributed by atoms with Gasteiger partial charge in [0.1, 0.15) is 0 Å². The second kappa shape index (κ2) is 16.0. The average molecular weight is 107 g/mol. The van der Waals surface area contributed by atoms with Crippen LogP contribution in [0.3, 0.4) is 0 Å². The first-order valence-electron chi connectivity index (χ1n) is 1.00. The van der Waals surface area contributed by atoms with Gasteiger partial charge in [-0.1, -0.05) is 0 Å². The van der Waals surface area contributed by atoms with Crippen molar-refractivity contribution in [2.24, 2.45) is 0 Å². The van der Waals surface area contributed by atoms with Crippen molar-refractivity contribution in [3.63, 3.8) is 0 Å². The maximum absolute atomic E-state index is 2.75. The van der Waals surface area contributed by atoms with Crippen LogP contribution in [-0.2, 0) is 0 Å². The quantitative estimate of drug-likeness (QED) is 0.304. The molecule has 20 valence electrons. The predicted molar refractivity (Wildman–Crippen MR) is 15.0 cm³/mol. The summed E-state index contributed by atoms with van der Waals surface area (Å²) in [5.41, 5.74) is 0. The van der Waals surface area contributed by atoms with Crippen LogP contribution in [-0.4, -0.2) is 14.1 Å². The van der Waals surface area contributed by atoms with Gasteiger partial charge < -0.3 is 5.32 Å². The van der Waals surface area contributed by atoms with Crippen LogP contribution in [0.25, 0.3) is 0 Å². The summed E-state index contributed by atoms with van der Waals surface area (Å²) in [7, 11) is 3.75. The van der Waals surface area contributed by atoms with E-state index in [1.165, 1.54) is 0 Å². The van der Waals surface area contributed by atoms with Crippen molar-refractivity contribution >= 4 is 0 Å². The Morgan fingerprint density at radius 1 is 1.20 bits per heavy atom. The van der Waals surface area contributed by atoms with Crippen molar-refractivity contribution in [1.29, 1.82) is 0 Å². The number of hydrogen-bond donors (Lipinski definition) is 1. The van der Waals surface area contributed by atoms with Gasteiger partial charge in [0, 0.05) is 0 Å². The zero-order chi connectivity index (χ0) is 2.71. The largest absolute Gasteiger partial charge is 1.00 e. The van der Waals surface area contributed by atoms with Crippen molar-refractivity contribution in [2.45, 2.75) is 0 Å². The molecule has 0 saturated carbocycles. The Kier molecular flexibility index (Phi) is 50.0. The fourth-order valence-electron chi connectivity index (χ4n) is 0. The van der Waals surface area contributed by atoms with E-state index in [2.05, 4.69) is 5.32 Å². The van der Waals surface area contributed by atoms with Crippen molar-refractivity contribution < 1.29 is 80.9 Å². The summed E-state index contributed by atoms with van der Waals surface area (Å²) in [5.74, 6) is 0. The second-order valence-electron chi connectivity index (χ2n) is 0.500. The smallest absolute Gasteiger partial charge is 0.323 e. The fraction of sp³-hybridized carbons (Fsp3) is 1.00. The van der Waals surface area contributed by atoms with Crippen LogP contribution >= 0.6 is 0 Å². The third-order valence-corrected chi connectivity index (χ3v) is 0. The van der Waals surface area contributed by atoms with Gasteiger partial charge in [0.05, 0.1) is 0 Å². The summed E-state index contributed by atoms with van der Waals surface area (Å²) in [6.07, 6.45) is 0. The first-order valence-corrected chi connectivity index (χ1v) is 1.00. The molecule has 1 nitrogen and oxygen atoms in total. The molecule has 0 spiro atoms. The van der Waals surface area contributed by atoms with E-state index < -0.39 is 0 Å². The normalized spacial score (nSPS) is 3.60. The standard InChI is InChI=1S/C2H7N.K.Na/c1-3-2;;/h3H,1-2H3;;/q;2*+1. The summed E-state index contributed by atoms with van der Waals surface area (Å²) in [6.45, 7) is 0. The van der Waals surface area contributed by atoms with E-state index >= 15 is 0 Å². The molecule has 3 heteroatoms. The third-order valence-electron chi connectivity index (χ3n) is 0. The molecule has 0 aliphatic carbocycles.